The zero-order chi connectivity index (χ0) is 19.9. The lowest BCUT2D eigenvalue weighted by atomic mass is 9.82. The molecule has 0 spiro atoms. The number of carboxylic acids is 1. The number of aromatic nitrogens is 4. The largest absolute Gasteiger partial charge is 0.479 e. The monoisotopic (exact) mass is 405 g/mol. The van der Waals surface area contributed by atoms with Gasteiger partial charge in [0.25, 0.3) is 0 Å². The minimum atomic E-state index is -1.82. The molecule has 3 aromatic rings. The van der Waals surface area contributed by atoms with E-state index in [0.717, 1.165) is 6.20 Å². The van der Waals surface area contributed by atoms with E-state index < -0.39 is 23.4 Å². The number of anilines is 1. The van der Waals surface area contributed by atoms with Gasteiger partial charge in [-0.05, 0) is 25.3 Å². The molecule has 1 unspecified atom stereocenters. The number of hydrogen-bond acceptors (Lipinski definition) is 6. The van der Waals surface area contributed by atoms with Crippen LogP contribution in [0, 0.1) is 5.82 Å². The Labute approximate surface area is 163 Å². The number of hydrogen-bond donors (Lipinski definition) is 4. The summed E-state index contributed by atoms with van der Waals surface area (Å²) in [6, 6.07) is 1.29. The highest BCUT2D eigenvalue weighted by Gasteiger charge is 2.41. The highest BCUT2D eigenvalue weighted by molar-refractivity contribution is 6.31. The zero-order valence-corrected chi connectivity index (χ0v) is 15.4. The first kappa shape index (κ1) is 18.6. The van der Waals surface area contributed by atoms with Gasteiger partial charge in [0.05, 0.1) is 11.2 Å². The lowest BCUT2D eigenvalue weighted by Crippen LogP contribution is -2.46. The van der Waals surface area contributed by atoms with E-state index in [4.69, 9.17) is 11.6 Å². The summed E-state index contributed by atoms with van der Waals surface area (Å²) < 4.78 is 14.3. The Bertz CT molecular complexity index is 1060. The smallest absolute Gasteiger partial charge is 0.335 e. The van der Waals surface area contributed by atoms with Crippen LogP contribution in [0.1, 0.15) is 25.7 Å². The van der Waals surface area contributed by atoms with E-state index in [-0.39, 0.29) is 24.5 Å². The van der Waals surface area contributed by atoms with Crippen molar-refractivity contribution in [1.29, 1.82) is 0 Å². The van der Waals surface area contributed by atoms with Crippen molar-refractivity contribution in [3.05, 3.63) is 35.5 Å². The van der Waals surface area contributed by atoms with Crippen molar-refractivity contribution < 1.29 is 19.4 Å². The van der Waals surface area contributed by atoms with Gasteiger partial charge in [0.2, 0.25) is 0 Å². The molecule has 1 saturated carbocycles. The average molecular weight is 406 g/mol. The Kier molecular flexibility index (Phi) is 4.64. The molecule has 8 nitrogen and oxygen atoms in total. The Morgan fingerprint density at radius 3 is 3.00 bits per heavy atom. The molecular formula is C18H17ClFN5O3. The van der Waals surface area contributed by atoms with Crippen LogP contribution in [0.4, 0.5) is 10.2 Å². The third kappa shape index (κ3) is 3.38. The molecule has 4 rings (SSSR count). The fraction of sp³-hybridized carbons (Fsp3) is 0.333. The predicted molar refractivity (Wildman–Crippen MR) is 101 cm³/mol. The van der Waals surface area contributed by atoms with E-state index in [1.54, 1.807) is 12.3 Å². The molecule has 1 aliphatic rings. The van der Waals surface area contributed by atoms with Crippen molar-refractivity contribution in [2.24, 2.45) is 0 Å². The van der Waals surface area contributed by atoms with Crippen LogP contribution in [0.2, 0.25) is 5.02 Å². The van der Waals surface area contributed by atoms with Gasteiger partial charge in [-0.3, -0.25) is 0 Å². The number of halogens is 2. The molecule has 1 fully saturated rings. The van der Waals surface area contributed by atoms with Crippen LogP contribution in [0.15, 0.2) is 24.7 Å². The number of aliphatic carboxylic acids is 1. The summed E-state index contributed by atoms with van der Waals surface area (Å²) in [6.45, 7) is 0. The third-order valence-electron chi connectivity index (χ3n) is 4.95. The lowest BCUT2D eigenvalue weighted by Gasteiger charge is -2.34. The molecular weight excluding hydrogens is 389 g/mol. The fourth-order valence-corrected chi connectivity index (χ4v) is 3.68. The van der Waals surface area contributed by atoms with Crippen LogP contribution < -0.4 is 5.32 Å². The molecule has 3 heterocycles. The summed E-state index contributed by atoms with van der Waals surface area (Å²) in [7, 11) is 0. The van der Waals surface area contributed by atoms with Crippen LogP contribution in [0.25, 0.3) is 22.4 Å². The van der Waals surface area contributed by atoms with Gasteiger partial charge in [0, 0.05) is 35.8 Å². The second kappa shape index (κ2) is 6.99. The molecule has 0 saturated heterocycles. The summed E-state index contributed by atoms with van der Waals surface area (Å²) in [4.78, 5) is 26.8. The minimum absolute atomic E-state index is 0.0340. The van der Waals surface area contributed by atoms with Gasteiger partial charge in [0.15, 0.2) is 23.1 Å². The van der Waals surface area contributed by atoms with Gasteiger partial charge in [-0.15, -0.1) is 0 Å². The molecule has 2 atom stereocenters. The summed E-state index contributed by atoms with van der Waals surface area (Å²) >= 11 is 6.01. The molecule has 0 aliphatic heterocycles. The van der Waals surface area contributed by atoms with Crippen molar-refractivity contribution in [3.63, 3.8) is 0 Å². The Morgan fingerprint density at radius 2 is 2.21 bits per heavy atom. The number of aliphatic hydroxyl groups is 1. The maximum atomic E-state index is 14.3. The fourth-order valence-electron chi connectivity index (χ4n) is 3.52. The van der Waals surface area contributed by atoms with Crippen molar-refractivity contribution in [2.45, 2.75) is 37.3 Å². The summed E-state index contributed by atoms with van der Waals surface area (Å²) in [5.74, 6) is -1.72. The third-order valence-corrected chi connectivity index (χ3v) is 5.16. The molecule has 0 amide bonds. The Morgan fingerprint density at radius 1 is 1.39 bits per heavy atom. The van der Waals surface area contributed by atoms with Gasteiger partial charge < -0.3 is 20.5 Å². The predicted octanol–water partition coefficient (Wildman–Crippen LogP) is 2.98. The highest BCUT2D eigenvalue weighted by Crippen LogP contribution is 2.32. The molecule has 10 heteroatoms. The second-order valence-electron chi connectivity index (χ2n) is 6.92. The standard InChI is InChI=1S/C18H17ClFN5O3/c19-9-4-11-12(7-22-14(11)21-6-9)15-23-8-13(20)16(25-15)24-10-2-1-3-18(28,5-10)17(26)27/h4,6-8,10,28H,1-3,5H2,(H,21,22)(H,26,27)(H,23,24,25)/t10-,18?/m1/s1. The van der Waals surface area contributed by atoms with Gasteiger partial charge in [-0.2, -0.15) is 0 Å². The second-order valence-corrected chi connectivity index (χ2v) is 7.35. The van der Waals surface area contributed by atoms with E-state index in [0.29, 0.717) is 34.5 Å². The zero-order valence-electron chi connectivity index (χ0n) is 14.6. The minimum Gasteiger partial charge on any atom is -0.479 e. The summed E-state index contributed by atoms with van der Waals surface area (Å²) in [6.07, 6.45) is 5.46. The van der Waals surface area contributed by atoms with Crippen molar-refractivity contribution in [2.75, 3.05) is 5.32 Å². The maximum absolute atomic E-state index is 14.3. The van der Waals surface area contributed by atoms with Gasteiger partial charge in [-0.25, -0.2) is 24.1 Å². The maximum Gasteiger partial charge on any atom is 0.335 e. The van der Waals surface area contributed by atoms with E-state index in [9.17, 15) is 19.4 Å². The number of carbonyl (C=O) groups is 1. The number of H-pyrrole nitrogens is 1. The number of nitrogens with one attached hydrogen (secondary N) is 2. The molecule has 1 aliphatic carbocycles. The SMILES string of the molecule is O=C(O)C1(O)CCC[C@@H](Nc2nc(-c3c[nH]c4ncc(Cl)cc34)ncc2F)C1. The Balaban J connectivity index is 1.64. The Hall–Kier alpha value is -2.78. The number of pyridine rings is 1. The van der Waals surface area contributed by atoms with Crippen LogP contribution in [0.5, 0.6) is 0 Å². The van der Waals surface area contributed by atoms with Gasteiger partial charge in [-0.1, -0.05) is 11.6 Å². The van der Waals surface area contributed by atoms with Crippen LogP contribution in [-0.4, -0.2) is 47.8 Å². The number of fused-ring (bicyclic) bond motifs is 1. The molecule has 4 N–H and O–H groups in total. The lowest BCUT2D eigenvalue weighted by molar-refractivity contribution is -0.162. The summed E-state index contributed by atoms with van der Waals surface area (Å²) in [5.41, 5.74) is -0.610. The molecule has 0 bridgehead atoms. The number of carboxylic acid groups (broad SMARTS) is 1. The van der Waals surface area contributed by atoms with Gasteiger partial charge in [0.1, 0.15) is 5.65 Å². The van der Waals surface area contributed by atoms with Crippen molar-refractivity contribution in [3.8, 4) is 11.4 Å². The van der Waals surface area contributed by atoms with Crippen LogP contribution in [0.3, 0.4) is 0 Å². The van der Waals surface area contributed by atoms with E-state index in [1.807, 2.05) is 0 Å². The first-order valence-corrected chi connectivity index (χ1v) is 9.11. The van der Waals surface area contributed by atoms with Crippen LogP contribution in [-0.2, 0) is 4.79 Å². The van der Waals surface area contributed by atoms with E-state index in [2.05, 4.69) is 25.3 Å². The first-order chi connectivity index (χ1) is 13.4. The topological polar surface area (TPSA) is 124 Å². The first-order valence-electron chi connectivity index (χ1n) is 8.73. The van der Waals surface area contributed by atoms with E-state index in [1.165, 1.54) is 6.20 Å². The number of rotatable bonds is 4. The number of aromatic amines is 1. The molecule has 3 aromatic heterocycles. The normalized spacial score (nSPS) is 22.3. The van der Waals surface area contributed by atoms with Crippen LogP contribution >= 0.6 is 11.6 Å². The van der Waals surface area contributed by atoms with Gasteiger partial charge >= 0.3 is 5.97 Å². The highest BCUT2D eigenvalue weighted by atomic mass is 35.5. The van der Waals surface area contributed by atoms with Crippen molar-refractivity contribution in [1.82, 2.24) is 19.9 Å². The molecule has 0 radical (unpaired) electrons. The average Bonchev–Trinajstić information content (AvgIpc) is 3.06. The molecule has 146 valence electrons. The quantitative estimate of drug-likeness (QED) is 0.526. The molecule has 0 aromatic carbocycles. The van der Waals surface area contributed by atoms with E-state index >= 15 is 0 Å². The van der Waals surface area contributed by atoms with Crippen molar-refractivity contribution >= 4 is 34.4 Å². The number of nitrogens with zero attached hydrogens (tertiary/aromatic N) is 3. The molecule has 28 heavy (non-hydrogen) atoms. The summed E-state index contributed by atoms with van der Waals surface area (Å²) in [5, 5.41) is 23.5.